The summed E-state index contributed by atoms with van der Waals surface area (Å²) in [6.07, 6.45) is 0.665. The number of benzene rings is 3. The lowest BCUT2D eigenvalue weighted by atomic mass is 10.1. The smallest absolute Gasteiger partial charge is 0.278 e. The zero-order valence-corrected chi connectivity index (χ0v) is 22.8. The van der Waals surface area contributed by atoms with Crippen molar-refractivity contribution in [3.05, 3.63) is 75.8 Å². The first-order chi connectivity index (χ1) is 19.1. The summed E-state index contributed by atoms with van der Waals surface area (Å²) in [5.41, 5.74) is 5.68. The fourth-order valence-electron chi connectivity index (χ4n) is 3.92. The number of carbonyl (C=O) groups is 3. The van der Waals surface area contributed by atoms with Gasteiger partial charge in [-0.1, -0.05) is 30.3 Å². The topological polar surface area (TPSA) is 161 Å². The van der Waals surface area contributed by atoms with Gasteiger partial charge in [0.1, 0.15) is 6.04 Å². The molecule has 3 rings (SSSR count). The predicted octanol–water partition coefficient (Wildman–Crippen LogP) is 3.16. The third-order valence-corrected chi connectivity index (χ3v) is 6.23. The second kappa shape index (κ2) is 13.9. The molecule has 212 valence electrons. The predicted molar refractivity (Wildman–Crippen MR) is 149 cm³/mol. The molecule has 12 nitrogen and oxygen atoms in total. The van der Waals surface area contributed by atoms with Crippen LogP contribution in [-0.4, -0.2) is 49.5 Å². The van der Waals surface area contributed by atoms with Crippen LogP contribution in [0.5, 0.6) is 11.5 Å². The molecule has 0 aliphatic rings. The summed E-state index contributed by atoms with van der Waals surface area (Å²) in [4.78, 5) is 48.0. The maximum atomic E-state index is 12.7. The molecule has 0 bridgehead atoms. The van der Waals surface area contributed by atoms with Crippen LogP contribution in [0.2, 0.25) is 0 Å². The van der Waals surface area contributed by atoms with E-state index in [0.717, 1.165) is 10.8 Å². The molecule has 0 heterocycles. The van der Waals surface area contributed by atoms with Gasteiger partial charge in [-0.2, -0.15) is 0 Å². The number of methoxy groups -OCH3 is 1. The van der Waals surface area contributed by atoms with Gasteiger partial charge in [-0.05, 0) is 49.2 Å². The number of hydrazine groups is 1. The molecule has 40 heavy (non-hydrogen) atoms. The lowest BCUT2D eigenvalue weighted by Crippen LogP contribution is -2.50. The summed E-state index contributed by atoms with van der Waals surface area (Å²) in [7, 11) is 2.94. The zero-order chi connectivity index (χ0) is 29.2. The molecule has 12 heteroatoms. The van der Waals surface area contributed by atoms with Crippen LogP contribution < -0.4 is 31.0 Å². The third kappa shape index (κ3) is 7.67. The van der Waals surface area contributed by atoms with Gasteiger partial charge in [-0.25, -0.2) is 5.43 Å². The van der Waals surface area contributed by atoms with Crippen LogP contribution in [0.25, 0.3) is 10.8 Å². The quantitative estimate of drug-likeness (QED) is 0.143. The maximum absolute atomic E-state index is 12.7. The molecule has 0 fully saturated rings. The number of nitro groups is 1. The minimum Gasteiger partial charge on any atom is -0.493 e. The van der Waals surface area contributed by atoms with E-state index in [0.29, 0.717) is 12.0 Å². The highest BCUT2D eigenvalue weighted by Crippen LogP contribution is 2.37. The Morgan fingerprint density at radius 1 is 1.00 bits per heavy atom. The van der Waals surface area contributed by atoms with Gasteiger partial charge in [-0.3, -0.25) is 29.9 Å². The summed E-state index contributed by atoms with van der Waals surface area (Å²) in [5.74, 6) is -0.659. The number of hydrogen-bond donors (Lipinski definition) is 4. The number of rotatable bonds is 13. The first kappa shape index (κ1) is 29.8. The summed E-state index contributed by atoms with van der Waals surface area (Å²) in [5, 5.41) is 18.9. The highest BCUT2D eigenvalue weighted by atomic mass is 16.6. The van der Waals surface area contributed by atoms with E-state index in [1.807, 2.05) is 30.3 Å². The van der Waals surface area contributed by atoms with E-state index in [1.165, 1.54) is 33.2 Å². The Bertz CT molecular complexity index is 1390. The van der Waals surface area contributed by atoms with E-state index >= 15 is 0 Å². The number of nitrogens with one attached hydrogen (secondary N) is 4. The van der Waals surface area contributed by atoms with Crippen molar-refractivity contribution in [1.82, 2.24) is 21.5 Å². The molecule has 0 saturated carbocycles. The van der Waals surface area contributed by atoms with Crippen molar-refractivity contribution in [2.75, 3.05) is 20.8 Å². The standard InChI is InChI=1S/C28H33N5O7/c1-17(22-15-24(39-4)25(16-23(22)33(37)38)40-13-7-10-26(34)29-3)31-32-27(35)18(2)30-28(36)21-12-11-19-8-5-6-9-20(19)14-21/h5-6,8-9,11-12,14-18,31H,7,10,13H2,1-4H3,(H,29,34)(H,30,36)(H,32,35)/t17?,18-/m0/s1. The van der Waals surface area contributed by atoms with Gasteiger partial charge in [0.05, 0.1) is 36.3 Å². The molecule has 0 aromatic heterocycles. The molecule has 0 saturated heterocycles. The summed E-state index contributed by atoms with van der Waals surface area (Å²) in [6.45, 7) is 3.32. The Labute approximate surface area is 231 Å². The highest BCUT2D eigenvalue weighted by Gasteiger charge is 2.25. The maximum Gasteiger partial charge on any atom is 0.278 e. The van der Waals surface area contributed by atoms with Gasteiger partial charge in [0.25, 0.3) is 17.5 Å². The number of ether oxygens (including phenoxy) is 2. The van der Waals surface area contributed by atoms with Crippen LogP contribution in [0.15, 0.2) is 54.6 Å². The second-order valence-electron chi connectivity index (χ2n) is 9.06. The molecule has 2 atom stereocenters. The molecular weight excluding hydrogens is 518 g/mol. The molecular formula is C28H33N5O7. The Kier molecular flexibility index (Phi) is 10.4. The van der Waals surface area contributed by atoms with E-state index in [4.69, 9.17) is 9.47 Å². The molecule has 3 aromatic carbocycles. The van der Waals surface area contributed by atoms with Gasteiger partial charge in [0.15, 0.2) is 11.5 Å². The fourth-order valence-corrected chi connectivity index (χ4v) is 3.92. The largest absolute Gasteiger partial charge is 0.493 e. The number of fused-ring (bicyclic) bond motifs is 1. The Morgan fingerprint density at radius 2 is 1.73 bits per heavy atom. The van der Waals surface area contributed by atoms with Crippen LogP contribution in [0.3, 0.4) is 0 Å². The van der Waals surface area contributed by atoms with Gasteiger partial charge in [0, 0.05) is 19.0 Å². The SMILES string of the molecule is CNC(=O)CCCOc1cc([N+](=O)[O-])c(C(C)NNC(=O)[C@H](C)NC(=O)c2ccc3ccccc3c2)cc1OC. The molecule has 4 N–H and O–H groups in total. The van der Waals surface area contributed by atoms with Crippen molar-refractivity contribution in [1.29, 1.82) is 0 Å². The second-order valence-corrected chi connectivity index (χ2v) is 9.06. The number of amides is 3. The zero-order valence-electron chi connectivity index (χ0n) is 22.8. The van der Waals surface area contributed by atoms with Crippen LogP contribution in [0, 0.1) is 10.1 Å². The Balaban J connectivity index is 1.62. The molecule has 0 radical (unpaired) electrons. The average Bonchev–Trinajstić information content (AvgIpc) is 2.96. The van der Waals surface area contributed by atoms with Crippen LogP contribution >= 0.6 is 0 Å². The van der Waals surface area contributed by atoms with Crippen molar-refractivity contribution < 1.29 is 28.8 Å². The summed E-state index contributed by atoms with van der Waals surface area (Å²) in [6, 6.07) is 14.0. The third-order valence-electron chi connectivity index (χ3n) is 6.23. The minimum atomic E-state index is -0.895. The van der Waals surface area contributed by atoms with Gasteiger partial charge < -0.3 is 20.1 Å². The van der Waals surface area contributed by atoms with Crippen molar-refractivity contribution >= 4 is 34.2 Å². The Morgan fingerprint density at radius 3 is 2.40 bits per heavy atom. The molecule has 0 aliphatic carbocycles. The summed E-state index contributed by atoms with van der Waals surface area (Å²) < 4.78 is 11.0. The number of hydrogen-bond acceptors (Lipinski definition) is 8. The van der Waals surface area contributed by atoms with Crippen LogP contribution in [0.1, 0.15) is 48.7 Å². The first-order valence-electron chi connectivity index (χ1n) is 12.7. The van der Waals surface area contributed by atoms with Crippen LogP contribution in [-0.2, 0) is 9.59 Å². The number of nitro benzene ring substituents is 1. The first-order valence-corrected chi connectivity index (χ1v) is 12.7. The lowest BCUT2D eigenvalue weighted by Gasteiger charge is -2.20. The molecule has 0 spiro atoms. The molecule has 3 amide bonds. The van der Waals surface area contributed by atoms with E-state index in [-0.39, 0.29) is 41.7 Å². The van der Waals surface area contributed by atoms with E-state index in [1.54, 1.807) is 19.1 Å². The van der Waals surface area contributed by atoms with Gasteiger partial charge in [-0.15, -0.1) is 0 Å². The Hall–Kier alpha value is -4.71. The monoisotopic (exact) mass is 551 g/mol. The van der Waals surface area contributed by atoms with Crippen molar-refractivity contribution in [3.63, 3.8) is 0 Å². The highest BCUT2D eigenvalue weighted by molar-refractivity contribution is 6.00. The van der Waals surface area contributed by atoms with Crippen LogP contribution in [0.4, 0.5) is 5.69 Å². The van der Waals surface area contributed by atoms with E-state index < -0.39 is 28.8 Å². The number of nitrogens with zero attached hydrogens (tertiary/aromatic N) is 1. The molecule has 1 unspecified atom stereocenters. The van der Waals surface area contributed by atoms with E-state index in [2.05, 4.69) is 21.5 Å². The lowest BCUT2D eigenvalue weighted by molar-refractivity contribution is -0.385. The number of carbonyl (C=O) groups excluding carboxylic acids is 3. The van der Waals surface area contributed by atoms with Crippen molar-refractivity contribution in [2.45, 2.75) is 38.8 Å². The molecule has 3 aromatic rings. The normalized spacial score (nSPS) is 12.2. The van der Waals surface area contributed by atoms with E-state index in [9.17, 15) is 24.5 Å². The average molecular weight is 552 g/mol. The van der Waals surface area contributed by atoms with Gasteiger partial charge in [0.2, 0.25) is 5.91 Å². The molecule has 0 aliphatic heterocycles. The van der Waals surface area contributed by atoms with Gasteiger partial charge >= 0.3 is 0 Å². The minimum absolute atomic E-state index is 0.138. The van der Waals surface area contributed by atoms with Crippen molar-refractivity contribution in [3.8, 4) is 11.5 Å². The fraction of sp³-hybridized carbons (Fsp3) is 0.321. The summed E-state index contributed by atoms with van der Waals surface area (Å²) >= 11 is 0. The van der Waals surface area contributed by atoms with Crippen molar-refractivity contribution in [2.24, 2.45) is 0 Å².